The Labute approximate surface area is 163 Å². The zero-order valence-corrected chi connectivity index (χ0v) is 15.4. The molecule has 0 radical (unpaired) electrons. The molecule has 0 aliphatic carbocycles. The molecule has 136 valence electrons. The van der Waals surface area contributed by atoms with Gasteiger partial charge in [0.2, 0.25) is 0 Å². The van der Waals surface area contributed by atoms with Crippen molar-refractivity contribution < 1.29 is 5.11 Å². The number of para-hydroxylation sites is 1. The van der Waals surface area contributed by atoms with E-state index in [0.29, 0.717) is 0 Å². The average Bonchev–Trinajstić information content (AvgIpc) is 2.68. The van der Waals surface area contributed by atoms with E-state index in [-0.39, 0.29) is 5.75 Å². The van der Waals surface area contributed by atoms with E-state index >= 15 is 0 Å². The topological polar surface area (TPSA) is 20.2 Å². The summed E-state index contributed by atoms with van der Waals surface area (Å²) in [6, 6.07) is 7.24. The third-order valence-electron chi connectivity index (χ3n) is 3.13. The van der Waals surface area contributed by atoms with Crippen molar-refractivity contribution in [2.75, 3.05) is 0 Å². The molecule has 27 heavy (non-hydrogen) atoms. The number of phenols is 1. The van der Waals surface area contributed by atoms with Gasteiger partial charge in [-0.05, 0) is 6.07 Å². The van der Waals surface area contributed by atoms with E-state index in [1.807, 2.05) is 122 Å². The maximum absolute atomic E-state index is 9.63. The van der Waals surface area contributed by atoms with Crippen LogP contribution >= 0.6 is 0 Å². The van der Waals surface area contributed by atoms with Crippen molar-refractivity contribution in [3.8, 4) is 5.75 Å². The van der Waals surface area contributed by atoms with Crippen molar-refractivity contribution in [2.45, 2.75) is 0 Å². The van der Waals surface area contributed by atoms with Crippen LogP contribution in [0, 0.1) is 0 Å². The zero-order chi connectivity index (χ0) is 19.4. The van der Waals surface area contributed by atoms with Crippen LogP contribution in [0.25, 0.3) is 6.08 Å². The number of allylic oxidation sites excluding steroid dienone is 18. The van der Waals surface area contributed by atoms with E-state index in [2.05, 4.69) is 6.58 Å². The lowest BCUT2D eigenvalue weighted by molar-refractivity contribution is 0.474. The molecule has 1 N–H and O–H groups in total. The molecule has 1 nitrogen and oxygen atoms in total. The molecule has 0 aromatic heterocycles. The van der Waals surface area contributed by atoms with E-state index in [9.17, 15) is 5.11 Å². The summed E-state index contributed by atoms with van der Waals surface area (Å²) >= 11 is 0. The smallest absolute Gasteiger partial charge is 0.122 e. The average molecular weight is 354 g/mol. The Morgan fingerprint density at radius 1 is 0.519 bits per heavy atom. The maximum Gasteiger partial charge on any atom is 0.122 e. The Bertz CT molecular complexity index is 806. The Balaban J connectivity index is 2.24. The van der Waals surface area contributed by atoms with Crippen molar-refractivity contribution in [3.63, 3.8) is 0 Å². The van der Waals surface area contributed by atoms with E-state index < -0.39 is 0 Å². The second kappa shape index (κ2) is 15.9. The monoisotopic (exact) mass is 354 g/mol. The molecule has 0 spiro atoms. The molecular formula is C26H26O. The van der Waals surface area contributed by atoms with Crippen LogP contribution in [0.4, 0.5) is 0 Å². The minimum atomic E-state index is 0.286. The summed E-state index contributed by atoms with van der Waals surface area (Å²) in [6.07, 6.45) is 36.8. The van der Waals surface area contributed by atoms with Gasteiger partial charge in [0.25, 0.3) is 0 Å². The third kappa shape index (κ3) is 12.4. The number of hydrogen-bond donors (Lipinski definition) is 1. The van der Waals surface area contributed by atoms with Crippen LogP contribution in [-0.2, 0) is 0 Å². The highest BCUT2D eigenvalue weighted by molar-refractivity contribution is 5.57. The molecule has 0 aliphatic heterocycles. The van der Waals surface area contributed by atoms with Gasteiger partial charge >= 0.3 is 0 Å². The number of hydrogen-bond acceptors (Lipinski definition) is 1. The van der Waals surface area contributed by atoms with Gasteiger partial charge in [0, 0.05) is 5.56 Å². The van der Waals surface area contributed by atoms with Gasteiger partial charge in [-0.1, -0.05) is 140 Å². The van der Waals surface area contributed by atoms with E-state index in [1.165, 1.54) is 0 Å². The van der Waals surface area contributed by atoms with Crippen LogP contribution in [0.1, 0.15) is 5.56 Å². The van der Waals surface area contributed by atoms with Gasteiger partial charge in [0.1, 0.15) is 5.75 Å². The van der Waals surface area contributed by atoms with Crippen LogP contribution in [0.15, 0.2) is 140 Å². The van der Waals surface area contributed by atoms with Crippen molar-refractivity contribution in [1.82, 2.24) is 0 Å². The third-order valence-corrected chi connectivity index (χ3v) is 3.13. The quantitative estimate of drug-likeness (QED) is 0.447. The molecule has 0 unspecified atom stereocenters. The fourth-order valence-electron chi connectivity index (χ4n) is 1.83. The van der Waals surface area contributed by atoms with Crippen LogP contribution in [0.2, 0.25) is 0 Å². The van der Waals surface area contributed by atoms with Gasteiger partial charge in [-0.3, -0.25) is 0 Å². The number of aromatic hydroxyl groups is 1. The molecule has 0 bridgehead atoms. The minimum Gasteiger partial charge on any atom is -0.507 e. The lowest BCUT2D eigenvalue weighted by Gasteiger charge is -1.95. The first-order valence-electron chi connectivity index (χ1n) is 8.75. The largest absolute Gasteiger partial charge is 0.507 e. The Kier molecular flexibility index (Phi) is 12.7. The first-order chi connectivity index (χ1) is 13.3. The molecule has 0 saturated heterocycles. The van der Waals surface area contributed by atoms with Crippen molar-refractivity contribution in [1.29, 1.82) is 0 Å². The fourth-order valence-corrected chi connectivity index (χ4v) is 1.83. The van der Waals surface area contributed by atoms with Crippen molar-refractivity contribution in [3.05, 3.63) is 146 Å². The SMILES string of the molecule is C=C/C=C/C=C/C=C/C=C/C=C/C=C/C=C/C=C/C=C/c1ccccc1O. The van der Waals surface area contributed by atoms with Crippen LogP contribution in [0.5, 0.6) is 5.75 Å². The van der Waals surface area contributed by atoms with Crippen LogP contribution in [0.3, 0.4) is 0 Å². The molecular weight excluding hydrogens is 328 g/mol. The van der Waals surface area contributed by atoms with Gasteiger partial charge in [-0.15, -0.1) is 0 Å². The zero-order valence-electron chi connectivity index (χ0n) is 15.4. The maximum atomic E-state index is 9.63. The normalized spacial score (nSPS) is 13.6. The van der Waals surface area contributed by atoms with Gasteiger partial charge < -0.3 is 5.11 Å². The molecule has 0 amide bonds. The molecule has 0 atom stereocenters. The molecule has 1 aromatic carbocycles. The van der Waals surface area contributed by atoms with Gasteiger partial charge in [0.05, 0.1) is 0 Å². The fraction of sp³-hybridized carbons (Fsp3) is 0. The molecule has 0 heterocycles. The first-order valence-corrected chi connectivity index (χ1v) is 8.75. The summed E-state index contributed by atoms with van der Waals surface area (Å²) in [4.78, 5) is 0. The molecule has 0 fully saturated rings. The molecule has 1 heteroatoms. The van der Waals surface area contributed by atoms with Gasteiger partial charge in [0.15, 0.2) is 0 Å². The Hall–Kier alpha value is -3.58. The highest BCUT2D eigenvalue weighted by Gasteiger charge is 1.91. The lowest BCUT2D eigenvalue weighted by Crippen LogP contribution is -1.71. The lowest BCUT2D eigenvalue weighted by atomic mass is 10.2. The van der Waals surface area contributed by atoms with E-state index in [0.717, 1.165) is 5.56 Å². The van der Waals surface area contributed by atoms with Crippen LogP contribution < -0.4 is 0 Å². The van der Waals surface area contributed by atoms with Crippen LogP contribution in [-0.4, -0.2) is 5.11 Å². The van der Waals surface area contributed by atoms with Crippen molar-refractivity contribution >= 4 is 6.08 Å². The summed E-state index contributed by atoms with van der Waals surface area (Å²) < 4.78 is 0. The number of rotatable bonds is 10. The van der Waals surface area contributed by atoms with Gasteiger partial charge in [-0.25, -0.2) is 0 Å². The van der Waals surface area contributed by atoms with E-state index in [4.69, 9.17) is 0 Å². The Morgan fingerprint density at radius 3 is 1.30 bits per heavy atom. The molecule has 0 saturated carbocycles. The standard InChI is InChI=1S/C26H26O/c1-2-3-4-5-6-7-8-9-10-11-12-13-14-15-16-17-18-19-22-25-23-20-21-24-26(25)27/h2-24,27H,1H2/b4-3+,6-5+,8-7+,10-9+,12-11+,14-13+,16-15+,18-17+,22-19+. The Morgan fingerprint density at radius 2 is 0.889 bits per heavy atom. The molecule has 0 aliphatic rings. The van der Waals surface area contributed by atoms with Gasteiger partial charge in [-0.2, -0.15) is 0 Å². The molecule has 1 aromatic rings. The van der Waals surface area contributed by atoms with E-state index in [1.54, 1.807) is 18.2 Å². The minimum absolute atomic E-state index is 0.286. The predicted molar refractivity (Wildman–Crippen MR) is 120 cm³/mol. The number of phenolic OH excluding ortho intramolecular Hbond substituents is 1. The molecule has 1 rings (SSSR count). The second-order valence-corrected chi connectivity index (χ2v) is 5.23. The highest BCUT2D eigenvalue weighted by atomic mass is 16.3. The first kappa shape index (κ1) is 21.5. The highest BCUT2D eigenvalue weighted by Crippen LogP contribution is 2.16. The number of benzene rings is 1. The summed E-state index contributed by atoms with van der Waals surface area (Å²) in [6.45, 7) is 3.60. The summed E-state index contributed by atoms with van der Waals surface area (Å²) in [5.74, 6) is 0.286. The summed E-state index contributed by atoms with van der Waals surface area (Å²) in [5.41, 5.74) is 0.805. The summed E-state index contributed by atoms with van der Waals surface area (Å²) in [5, 5.41) is 9.63. The van der Waals surface area contributed by atoms with Crippen molar-refractivity contribution in [2.24, 2.45) is 0 Å². The summed E-state index contributed by atoms with van der Waals surface area (Å²) in [7, 11) is 0. The second-order valence-electron chi connectivity index (χ2n) is 5.23. The predicted octanol–water partition coefficient (Wildman–Crippen LogP) is 7.04.